The molecule has 0 amide bonds. The zero-order valence-corrected chi connectivity index (χ0v) is 7.27. The van der Waals surface area contributed by atoms with Gasteiger partial charge in [0.05, 0.1) is 0 Å². The normalized spacial score (nSPS) is 45.0. The molecule has 0 bridgehead atoms. The summed E-state index contributed by atoms with van der Waals surface area (Å²) < 4.78 is 0. The highest BCUT2D eigenvalue weighted by Gasteiger charge is 2.29. The molecule has 0 unspecified atom stereocenters. The topological polar surface area (TPSA) is 24.1 Å². The van der Waals surface area contributed by atoms with Gasteiger partial charge in [0.15, 0.2) is 0 Å². The van der Waals surface area contributed by atoms with Gasteiger partial charge in [-0.05, 0) is 19.8 Å². The van der Waals surface area contributed by atoms with Crippen molar-refractivity contribution in [2.75, 3.05) is 6.54 Å². The van der Waals surface area contributed by atoms with Crippen molar-refractivity contribution in [2.45, 2.75) is 50.7 Å². The number of hydrogen-bond acceptors (Lipinski definition) is 2. The van der Waals surface area contributed by atoms with Gasteiger partial charge in [-0.25, -0.2) is 0 Å². The summed E-state index contributed by atoms with van der Waals surface area (Å²) in [6.07, 6.45) is 5.60. The highest BCUT2D eigenvalue weighted by molar-refractivity contribution is 4.92. The second-order valence-electron chi connectivity index (χ2n) is 3.97. The van der Waals surface area contributed by atoms with Crippen molar-refractivity contribution in [3.63, 3.8) is 0 Å². The Hall–Kier alpha value is -0.0800. The standard InChI is InChI=1S/C9H18N2/c1-7-6-10-8-4-2-3-5-9(8)11-7/h7-11H,2-6H2,1H3/t7-,8-,9+/m0/s1. The van der Waals surface area contributed by atoms with E-state index in [2.05, 4.69) is 17.6 Å². The second kappa shape index (κ2) is 3.11. The van der Waals surface area contributed by atoms with Gasteiger partial charge in [-0.1, -0.05) is 12.8 Å². The smallest absolute Gasteiger partial charge is 0.0224 e. The van der Waals surface area contributed by atoms with Crippen molar-refractivity contribution in [3.05, 3.63) is 0 Å². The lowest BCUT2D eigenvalue weighted by molar-refractivity contribution is 0.219. The molecule has 1 aliphatic carbocycles. The first kappa shape index (κ1) is 7.56. The Kier molecular flexibility index (Phi) is 2.14. The van der Waals surface area contributed by atoms with Gasteiger partial charge in [0.25, 0.3) is 0 Å². The molecule has 1 aliphatic heterocycles. The van der Waals surface area contributed by atoms with Gasteiger partial charge in [-0.15, -0.1) is 0 Å². The van der Waals surface area contributed by atoms with Crippen LogP contribution in [0.3, 0.4) is 0 Å². The lowest BCUT2D eigenvalue weighted by Gasteiger charge is -2.40. The summed E-state index contributed by atoms with van der Waals surface area (Å²) in [5.41, 5.74) is 0. The molecule has 3 atom stereocenters. The van der Waals surface area contributed by atoms with Gasteiger partial charge in [-0.3, -0.25) is 0 Å². The van der Waals surface area contributed by atoms with Crippen LogP contribution in [0.4, 0.5) is 0 Å². The number of fused-ring (bicyclic) bond motifs is 1. The molecule has 11 heavy (non-hydrogen) atoms. The van der Waals surface area contributed by atoms with E-state index in [1.807, 2.05) is 0 Å². The Labute approximate surface area is 68.7 Å². The second-order valence-corrected chi connectivity index (χ2v) is 3.97. The van der Waals surface area contributed by atoms with Crippen LogP contribution in [0.25, 0.3) is 0 Å². The molecular weight excluding hydrogens is 136 g/mol. The van der Waals surface area contributed by atoms with Gasteiger partial charge < -0.3 is 10.6 Å². The predicted octanol–water partition coefficient (Wildman–Crippen LogP) is 0.879. The van der Waals surface area contributed by atoms with Crippen LogP contribution >= 0.6 is 0 Å². The first-order valence-electron chi connectivity index (χ1n) is 4.86. The van der Waals surface area contributed by atoms with Crippen LogP contribution in [0.1, 0.15) is 32.6 Å². The lowest BCUT2D eigenvalue weighted by Crippen LogP contribution is -2.60. The quantitative estimate of drug-likeness (QED) is 0.541. The maximum absolute atomic E-state index is 3.66. The third-order valence-corrected chi connectivity index (χ3v) is 2.95. The Balaban J connectivity index is 1.93. The van der Waals surface area contributed by atoms with E-state index in [0.717, 1.165) is 18.6 Å². The minimum atomic E-state index is 0.675. The fourth-order valence-corrected chi connectivity index (χ4v) is 2.33. The van der Waals surface area contributed by atoms with E-state index in [-0.39, 0.29) is 0 Å². The number of piperazine rings is 1. The van der Waals surface area contributed by atoms with Crippen molar-refractivity contribution >= 4 is 0 Å². The number of hydrogen-bond donors (Lipinski definition) is 2. The Morgan fingerprint density at radius 1 is 1.09 bits per heavy atom. The molecule has 2 fully saturated rings. The van der Waals surface area contributed by atoms with Gasteiger partial charge >= 0.3 is 0 Å². The first-order chi connectivity index (χ1) is 5.36. The van der Waals surface area contributed by atoms with E-state index in [4.69, 9.17) is 0 Å². The predicted molar refractivity (Wildman–Crippen MR) is 46.6 cm³/mol. The van der Waals surface area contributed by atoms with Crippen LogP contribution in [0.2, 0.25) is 0 Å². The Morgan fingerprint density at radius 2 is 1.82 bits per heavy atom. The molecule has 0 radical (unpaired) electrons. The zero-order chi connectivity index (χ0) is 7.68. The van der Waals surface area contributed by atoms with Crippen LogP contribution in [-0.2, 0) is 0 Å². The first-order valence-corrected chi connectivity index (χ1v) is 4.86. The van der Waals surface area contributed by atoms with E-state index in [1.165, 1.54) is 25.7 Å². The maximum atomic E-state index is 3.66. The fraction of sp³-hybridized carbons (Fsp3) is 1.00. The summed E-state index contributed by atoms with van der Waals surface area (Å²) in [7, 11) is 0. The summed E-state index contributed by atoms with van der Waals surface area (Å²) in [5, 5.41) is 7.26. The number of rotatable bonds is 0. The van der Waals surface area contributed by atoms with E-state index >= 15 is 0 Å². The number of nitrogens with one attached hydrogen (secondary N) is 2. The van der Waals surface area contributed by atoms with Crippen LogP contribution in [0, 0.1) is 0 Å². The average Bonchev–Trinajstić information content (AvgIpc) is 2.04. The molecular formula is C9H18N2. The Morgan fingerprint density at radius 3 is 2.64 bits per heavy atom. The molecule has 0 aromatic carbocycles. The molecule has 2 rings (SSSR count). The average molecular weight is 154 g/mol. The summed E-state index contributed by atoms with van der Waals surface area (Å²) >= 11 is 0. The molecule has 2 aliphatic rings. The molecule has 2 N–H and O–H groups in total. The monoisotopic (exact) mass is 154 g/mol. The molecule has 2 nitrogen and oxygen atoms in total. The maximum Gasteiger partial charge on any atom is 0.0224 e. The molecule has 0 spiro atoms. The van der Waals surface area contributed by atoms with E-state index in [1.54, 1.807) is 0 Å². The van der Waals surface area contributed by atoms with E-state index in [0.29, 0.717) is 6.04 Å². The Bertz CT molecular complexity index is 136. The summed E-state index contributed by atoms with van der Waals surface area (Å²) in [5.74, 6) is 0. The minimum Gasteiger partial charge on any atom is -0.311 e. The molecule has 1 saturated carbocycles. The summed E-state index contributed by atoms with van der Waals surface area (Å²) in [6, 6.07) is 2.22. The fourth-order valence-electron chi connectivity index (χ4n) is 2.33. The van der Waals surface area contributed by atoms with E-state index < -0.39 is 0 Å². The van der Waals surface area contributed by atoms with Crippen molar-refractivity contribution < 1.29 is 0 Å². The highest BCUT2D eigenvalue weighted by atomic mass is 15.1. The highest BCUT2D eigenvalue weighted by Crippen LogP contribution is 2.20. The van der Waals surface area contributed by atoms with Gasteiger partial charge in [-0.2, -0.15) is 0 Å². The van der Waals surface area contributed by atoms with Crippen molar-refractivity contribution in [3.8, 4) is 0 Å². The molecule has 0 aromatic heterocycles. The molecule has 1 heterocycles. The SMILES string of the molecule is C[C@H]1CN[C@H]2CCCC[C@H]2N1. The van der Waals surface area contributed by atoms with Gasteiger partial charge in [0.2, 0.25) is 0 Å². The molecule has 2 heteroatoms. The molecule has 0 aromatic rings. The summed E-state index contributed by atoms with van der Waals surface area (Å²) in [6.45, 7) is 3.42. The molecule has 1 saturated heterocycles. The van der Waals surface area contributed by atoms with Crippen LogP contribution in [0.15, 0.2) is 0 Å². The summed E-state index contributed by atoms with van der Waals surface area (Å²) in [4.78, 5) is 0. The van der Waals surface area contributed by atoms with Crippen molar-refractivity contribution in [1.29, 1.82) is 0 Å². The van der Waals surface area contributed by atoms with Crippen LogP contribution in [0.5, 0.6) is 0 Å². The zero-order valence-electron chi connectivity index (χ0n) is 7.27. The largest absolute Gasteiger partial charge is 0.311 e. The third kappa shape index (κ3) is 1.57. The third-order valence-electron chi connectivity index (χ3n) is 2.95. The van der Waals surface area contributed by atoms with Crippen molar-refractivity contribution in [2.24, 2.45) is 0 Å². The van der Waals surface area contributed by atoms with Crippen molar-refractivity contribution in [1.82, 2.24) is 10.6 Å². The minimum absolute atomic E-state index is 0.675. The van der Waals surface area contributed by atoms with Gasteiger partial charge in [0.1, 0.15) is 0 Å². The molecule has 64 valence electrons. The van der Waals surface area contributed by atoms with Crippen LogP contribution in [-0.4, -0.2) is 24.7 Å². The van der Waals surface area contributed by atoms with Gasteiger partial charge in [0, 0.05) is 24.7 Å². The van der Waals surface area contributed by atoms with E-state index in [9.17, 15) is 0 Å². The van der Waals surface area contributed by atoms with Crippen LogP contribution < -0.4 is 10.6 Å². The lowest BCUT2D eigenvalue weighted by atomic mass is 9.88.